The van der Waals surface area contributed by atoms with Crippen molar-refractivity contribution in [2.45, 2.75) is 30.5 Å². The number of fused-ring (bicyclic) bond motifs is 1. The van der Waals surface area contributed by atoms with E-state index in [1.807, 2.05) is 0 Å². The molecule has 0 saturated heterocycles. The predicted molar refractivity (Wildman–Crippen MR) is 93.6 cm³/mol. The third-order valence-corrected chi connectivity index (χ3v) is 7.03. The first kappa shape index (κ1) is 14.3. The first-order valence-corrected chi connectivity index (χ1v) is 9.67. The summed E-state index contributed by atoms with van der Waals surface area (Å²) in [6.07, 6.45) is 5.15. The van der Waals surface area contributed by atoms with Crippen molar-refractivity contribution in [1.29, 1.82) is 0 Å². The van der Waals surface area contributed by atoms with Crippen LogP contribution in [0.15, 0.2) is 31.8 Å². The van der Waals surface area contributed by atoms with Crippen molar-refractivity contribution < 1.29 is 0 Å². The minimum absolute atomic E-state index is 0.261. The van der Waals surface area contributed by atoms with Crippen molar-refractivity contribution >= 4 is 59.1 Å². The van der Waals surface area contributed by atoms with E-state index >= 15 is 0 Å². The van der Waals surface area contributed by atoms with Gasteiger partial charge in [0.1, 0.15) is 0 Å². The Balaban J connectivity index is 1.95. The Morgan fingerprint density at radius 1 is 1.00 bits per heavy atom. The van der Waals surface area contributed by atoms with E-state index in [0.29, 0.717) is 0 Å². The van der Waals surface area contributed by atoms with Gasteiger partial charge in [-0.1, -0.05) is 34.1 Å². The molecule has 19 heavy (non-hydrogen) atoms. The first-order valence-electron chi connectivity index (χ1n) is 6.35. The molecule has 0 radical (unpaired) electrons. The molecule has 2 aromatic rings. The largest absolute Gasteiger partial charge is 0.121 e. The van der Waals surface area contributed by atoms with Crippen molar-refractivity contribution in [2.75, 3.05) is 0 Å². The van der Waals surface area contributed by atoms with Crippen LogP contribution < -0.4 is 0 Å². The van der Waals surface area contributed by atoms with Crippen LogP contribution in [0.4, 0.5) is 0 Å². The normalized spacial score (nSPS) is 16.2. The molecule has 0 saturated carbocycles. The van der Waals surface area contributed by atoms with Crippen molar-refractivity contribution in [3.8, 4) is 0 Å². The number of hydrogen-bond acceptors (Lipinski definition) is 1. The molecule has 1 atom stereocenters. The van der Waals surface area contributed by atoms with Gasteiger partial charge < -0.3 is 0 Å². The highest BCUT2D eigenvalue weighted by atomic mass is 79.9. The Hall–Kier alpha value is 0.360. The first-order chi connectivity index (χ1) is 9.15. The van der Waals surface area contributed by atoms with Gasteiger partial charge in [0.15, 0.2) is 0 Å². The molecule has 1 aliphatic rings. The van der Waals surface area contributed by atoms with E-state index in [1.165, 1.54) is 40.6 Å². The zero-order chi connectivity index (χ0) is 13.4. The van der Waals surface area contributed by atoms with Crippen LogP contribution in [-0.4, -0.2) is 0 Å². The molecule has 100 valence electrons. The fourth-order valence-electron chi connectivity index (χ4n) is 2.62. The second-order valence-electron chi connectivity index (χ2n) is 4.88. The van der Waals surface area contributed by atoms with Gasteiger partial charge in [0.25, 0.3) is 0 Å². The van der Waals surface area contributed by atoms with Gasteiger partial charge in [0.2, 0.25) is 0 Å². The number of aryl methyl sites for hydroxylation is 2. The number of thiophene rings is 1. The van der Waals surface area contributed by atoms with Crippen LogP contribution in [0.2, 0.25) is 0 Å². The van der Waals surface area contributed by atoms with Gasteiger partial charge in [-0.25, -0.2) is 0 Å². The quantitative estimate of drug-likeness (QED) is 0.437. The van der Waals surface area contributed by atoms with E-state index in [9.17, 15) is 0 Å². The van der Waals surface area contributed by atoms with Crippen LogP contribution in [0, 0.1) is 0 Å². The van der Waals surface area contributed by atoms with Gasteiger partial charge in [-0.05, 0) is 85.9 Å². The molecule has 0 bridgehead atoms. The molecule has 1 heterocycles. The van der Waals surface area contributed by atoms with Crippen LogP contribution in [0.25, 0.3) is 0 Å². The minimum Gasteiger partial charge on any atom is -0.121 e. The highest BCUT2D eigenvalue weighted by molar-refractivity contribution is 9.12. The maximum absolute atomic E-state index is 3.84. The Morgan fingerprint density at radius 2 is 1.74 bits per heavy atom. The predicted octanol–water partition coefficient (Wildman–Crippen LogP) is 6.64. The van der Waals surface area contributed by atoms with E-state index in [-0.39, 0.29) is 4.83 Å². The molecule has 1 aromatic heterocycles. The zero-order valence-electron chi connectivity index (χ0n) is 10.3. The van der Waals surface area contributed by atoms with Crippen molar-refractivity contribution in [3.63, 3.8) is 0 Å². The number of hydrogen-bond donors (Lipinski definition) is 0. The number of halogens is 3. The van der Waals surface area contributed by atoms with Gasteiger partial charge in [0, 0.05) is 0 Å². The van der Waals surface area contributed by atoms with E-state index in [1.54, 1.807) is 22.5 Å². The van der Waals surface area contributed by atoms with Gasteiger partial charge in [-0.2, -0.15) is 0 Å². The van der Waals surface area contributed by atoms with Crippen LogP contribution >= 0.6 is 59.1 Å². The Bertz CT molecular complexity index is 603. The monoisotopic (exact) mass is 462 g/mol. The highest BCUT2D eigenvalue weighted by Gasteiger charge is 2.18. The summed E-state index contributed by atoms with van der Waals surface area (Å²) in [6, 6.07) is 9.15. The van der Waals surface area contributed by atoms with Gasteiger partial charge in [-0.15, -0.1) is 11.3 Å². The Morgan fingerprint density at radius 3 is 2.42 bits per heavy atom. The Kier molecular flexibility index (Phi) is 4.52. The summed E-state index contributed by atoms with van der Waals surface area (Å²) in [4.78, 5) is 0.261. The third-order valence-electron chi connectivity index (χ3n) is 3.62. The average Bonchev–Trinajstić information content (AvgIpc) is 2.76. The molecule has 1 aromatic carbocycles. The standard InChI is InChI=1S/C15H13Br3S/c16-13-8-12(15(18)19-13)14(17)11-6-5-9-3-1-2-4-10(9)7-11/h5-8,14H,1-4H2. The van der Waals surface area contributed by atoms with Crippen LogP contribution in [0.3, 0.4) is 0 Å². The lowest BCUT2D eigenvalue weighted by molar-refractivity contribution is 0.684. The van der Waals surface area contributed by atoms with Crippen LogP contribution in [0.1, 0.15) is 39.9 Å². The summed E-state index contributed by atoms with van der Waals surface area (Å²) < 4.78 is 2.36. The van der Waals surface area contributed by atoms with E-state index < -0.39 is 0 Å². The van der Waals surface area contributed by atoms with E-state index in [4.69, 9.17) is 0 Å². The summed E-state index contributed by atoms with van der Waals surface area (Å²) in [5.41, 5.74) is 5.73. The summed E-state index contributed by atoms with van der Waals surface area (Å²) in [5, 5.41) is 0. The molecule has 1 unspecified atom stereocenters. The molecule has 1 aliphatic carbocycles. The summed E-state index contributed by atoms with van der Waals surface area (Å²) >= 11 is 12.8. The lowest BCUT2D eigenvalue weighted by atomic mass is 9.89. The molecular formula is C15H13Br3S. The number of alkyl halides is 1. The maximum atomic E-state index is 3.84. The summed E-state index contributed by atoms with van der Waals surface area (Å²) in [5.74, 6) is 0. The molecule has 0 fully saturated rings. The van der Waals surface area contributed by atoms with E-state index in [2.05, 4.69) is 72.1 Å². The van der Waals surface area contributed by atoms with Crippen LogP contribution in [-0.2, 0) is 12.8 Å². The molecule has 0 aliphatic heterocycles. The zero-order valence-corrected chi connectivity index (χ0v) is 15.8. The van der Waals surface area contributed by atoms with Gasteiger partial charge in [0.05, 0.1) is 12.4 Å². The third kappa shape index (κ3) is 3.02. The second-order valence-corrected chi connectivity index (χ2v) is 9.54. The summed E-state index contributed by atoms with van der Waals surface area (Å²) in [6.45, 7) is 0. The topological polar surface area (TPSA) is 0 Å². The highest BCUT2D eigenvalue weighted by Crippen LogP contribution is 2.42. The Labute approximate surface area is 143 Å². The van der Waals surface area contributed by atoms with E-state index in [0.717, 1.165) is 3.79 Å². The van der Waals surface area contributed by atoms with Crippen molar-refractivity contribution in [2.24, 2.45) is 0 Å². The van der Waals surface area contributed by atoms with Crippen LogP contribution in [0.5, 0.6) is 0 Å². The summed E-state index contributed by atoms with van der Waals surface area (Å²) in [7, 11) is 0. The number of benzene rings is 1. The molecule has 0 N–H and O–H groups in total. The van der Waals surface area contributed by atoms with Gasteiger partial charge in [-0.3, -0.25) is 0 Å². The molecule has 4 heteroatoms. The fourth-order valence-corrected chi connectivity index (χ4v) is 6.62. The van der Waals surface area contributed by atoms with Crippen molar-refractivity contribution in [3.05, 3.63) is 54.1 Å². The average molecular weight is 465 g/mol. The molecule has 0 nitrogen and oxygen atoms in total. The van der Waals surface area contributed by atoms with Crippen molar-refractivity contribution in [1.82, 2.24) is 0 Å². The SMILES string of the molecule is Brc1cc(C(Br)c2ccc3c(c2)CCCC3)c(Br)s1. The molecule has 0 spiro atoms. The minimum atomic E-state index is 0.261. The molecule has 3 rings (SSSR count). The maximum Gasteiger partial charge on any atom is 0.0757 e. The molecular weight excluding hydrogens is 452 g/mol. The lowest BCUT2D eigenvalue weighted by Gasteiger charge is -2.18. The smallest absolute Gasteiger partial charge is 0.0757 e. The molecule has 0 amide bonds. The second kappa shape index (κ2) is 6.00. The van der Waals surface area contributed by atoms with Gasteiger partial charge >= 0.3 is 0 Å². The number of rotatable bonds is 2. The lowest BCUT2D eigenvalue weighted by Crippen LogP contribution is -2.04. The fraction of sp³-hybridized carbons (Fsp3) is 0.333.